The van der Waals surface area contributed by atoms with Crippen LogP contribution in [0.3, 0.4) is 0 Å². The van der Waals surface area contributed by atoms with Gasteiger partial charge >= 0.3 is 6.18 Å². The highest BCUT2D eigenvalue weighted by Crippen LogP contribution is 2.43. The number of halogens is 5. The summed E-state index contributed by atoms with van der Waals surface area (Å²) in [5, 5.41) is 4.35. The number of pyridine rings is 1. The Hall–Kier alpha value is -2.91. The van der Waals surface area contributed by atoms with Gasteiger partial charge in [0.25, 0.3) is 0 Å². The Labute approximate surface area is 209 Å². The van der Waals surface area contributed by atoms with Crippen LogP contribution in [0.5, 0.6) is 0 Å². The first-order chi connectivity index (χ1) is 16.6. The largest absolute Gasteiger partial charge is 0.435 e. The summed E-state index contributed by atoms with van der Waals surface area (Å²) in [5.41, 5.74) is 0.612. The van der Waals surface area contributed by atoms with E-state index >= 15 is 0 Å². The number of carbonyl (C=O) groups is 1. The Kier molecular flexibility index (Phi) is 6.09. The molecule has 1 saturated heterocycles. The fourth-order valence-electron chi connectivity index (χ4n) is 4.86. The molecule has 0 N–H and O–H groups in total. The summed E-state index contributed by atoms with van der Waals surface area (Å²) < 4.78 is 41.7. The van der Waals surface area contributed by atoms with Gasteiger partial charge in [-0.2, -0.15) is 18.3 Å². The van der Waals surface area contributed by atoms with Gasteiger partial charge in [-0.05, 0) is 49.6 Å². The number of hydrogen-bond acceptors (Lipinski definition) is 4. The standard InChI is InChI=1S/C24H20Cl2F3N5O/c1-13-21(23(35)33-10-4-6-18(33)17-5-2-3-9-30-17)22(14-7-8-15(25)16(26)11-14)34-20(31-13)12-19(32-34)24(27,28)29/h2-3,5,7-9,11-12,18,21-22H,4,6,10H2,1H3. The molecule has 3 aromatic rings. The molecule has 3 atom stereocenters. The fraction of sp³-hybridized carbons (Fsp3) is 0.333. The summed E-state index contributed by atoms with van der Waals surface area (Å²) in [4.78, 5) is 24.6. The number of fused-ring (bicyclic) bond motifs is 1. The van der Waals surface area contributed by atoms with Crippen molar-refractivity contribution in [2.75, 3.05) is 6.54 Å². The van der Waals surface area contributed by atoms with Crippen LogP contribution < -0.4 is 0 Å². The summed E-state index contributed by atoms with van der Waals surface area (Å²) in [6, 6.07) is 10.1. The first-order valence-electron chi connectivity index (χ1n) is 11.0. The summed E-state index contributed by atoms with van der Waals surface area (Å²) in [7, 11) is 0. The normalized spacial score (nSPS) is 22.2. The van der Waals surface area contributed by atoms with E-state index in [0.717, 1.165) is 24.6 Å². The van der Waals surface area contributed by atoms with Gasteiger partial charge in [-0.25, -0.2) is 9.67 Å². The number of rotatable bonds is 3. The van der Waals surface area contributed by atoms with E-state index in [1.807, 2.05) is 12.1 Å². The van der Waals surface area contributed by atoms with Crippen LogP contribution in [0.4, 0.5) is 19.0 Å². The zero-order chi connectivity index (χ0) is 24.9. The Balaban J connectivity index is 1.61. The molecular formula is C24H20Cl2F3N5O. The fourth-order valence-corrected chi connectivity index (χ4v) is 5.17. The van der Waals surface area contributed by atoms with E-state index in [9.17, 15) is 18.0 Å². The highest BCUT2D eigenvalue weighted by Gasteiger charge is 2.45. The molecule has 0 aliphatic carbocycles. The van der Waals surface area contributed by atoms with E-state index in [1.165, 1.54) is 4.68 Å². The molecule has 1 amide bonds. The number of carbonyl (C=O) groups excluding carboxylic acids is 1. The number of nitrogens with zero attached hydrogens (tertiary/aromatic N) is 5. The number of amides is 1. The molecule has 0 spiro atoms. The van der Waals surface area contributed by atoms with Crippen LogP contribution >= 0.6 is 23.2 Å². The highest BCUT2D eigenvalue weighted by molar-refractivity contribution is 6.42. The summed E-state index contributed by atoms with van der Waals surface area (Å²) in [6.45, 7) is 2.17. The monoisotopic (exact) mass is 521 g/mol. The second kappa shape index (κ2) is 8.95. The lowest BCUT2D eigenvalue weighted by atomic mass is 9.86. The molecule has 0 radical (unpaired) electrons. The van der Waals surface area contributed by atoms with Gasteiger partial charge < -0.3 is 4.90 Å². The predicted octanol–water partition coefficient (Wildman–Crippen LogP) is 6.28. The minimum Gasteiger partial charge on any atom is -0.333 e. The van der Waals surface area contributed by atoms with Gasteiger partial charge in [0, 0.05) is 24.5 Å². The molecule has 4 heterocycles. The molecule has 1 aromatic carbocycles. The molecule has 0 bridgehead atoms. The molecule has 5 rings (SSSR count). The molecule has 3 unspecified atom stereocenters. The van der Waals surface area contributed by atoms with Crippen LogP contribution in [0, 0.1) is 5.92 Å². The van der Waals surface area contributed by atoms with Crippen LogP contribution in [0.25, 0.3) is 0 Å². The Morgan fingerprint density at radius 3 is 2.60 bits per heavy atom. The van der Waals surface area contributed by atoms with E-state index in [1.54, 1.807) is 42.3 Å². The predicted molar refractivity (Wildman–Crippen MR) is 126 cm³/mol. The Bertz CT molecular complexity index is 1310. The lowest BCUT2D eigenvalue weighted by Gasteiger charge is -2.35. The van der Waals surface area contributed by atoms with Gasteiger partial charge in [0.1, 0.15) is 5.92 Å². The van der Waals surface area contributed by atoms with E-state index in [4.69, 9.17) is 23.2 Å². The first kappa shape index (κ1) is 23.8. The van der Waals surface area contributed by atoms with Gasteiger partial charge in [-0.15, -0.1) is 0 Å². The highest BCUT2D eigenvalue weighted by atomic mass is 35.5. The van der Waals surface area contributed by atoms with E-state index in [2.05, 4.69) is 15.1 Å². The summed E-state index contributed by atoms with van der Waals surface area (Å²) in [5.74, 6) is -1.10. The van der Waals surface area contributed by atoms with Crippen LogP contribution in [-0.2, 0) is 11.0 Å². The van der Waals surface area contributed by atoms with Crippen molar-refractivity contribution >= 4 is 40.6 Å². The number of likely N-dealkylation sites (tertiary alicyclic amines) is 1. The molecule has 182 valence electrons. The SMILES string of the molecule is CC1=Nc2cc(C(F)(F)F)nn2C(c2ccc(Cl)c(Cl)c2)C1C(=O)N1CCCC1c1ccccn1. The van der Waals surface area contributed by atoms with Crippen molar-refractivity contribution in [1.29, 1.82) is 0 Å². The van der Waals surface area contributed by atoms with Gasteiger partial charge in [-0.1, -0.05) is 35.3 Å². The molecule has 11 heteroatoms. The number of aromatic nitrogens is 3. The maximum atomic E-state index is 14.0. The van der Waals surface area contributed by atoms with Crippen LogP contribution in [0.2, 0.25) is 10.0 Å². The number of benzene rings is 1. The molecule has 35 heavy (non-hydrogen) atoms. The van der Waals surface area contributed by atoms with Crippen LogP contribution in [-0.4, -0.2) is 37.8 Å². The maximum Gasteiger partial charge on any atom is 0.435 e. The average Bonchev–Trinajstić information content (AvgIpc) is 3.47. The second-order valence-corrected chi connectivity index (χ2v) is 9.44. The zero-order valence-corrected chi connectivity index (χ0v) is 20.0. The van der Waals surface area contributed by atoms with Crippen molar-refractivity contribution in [3.8, 4) is 0 Å². The molecule has 1 fully saturated rings. The molecule has 0 saturated carbocycles. The zero-order valence-electron chi connectivity index (χ0n) is 18.5. The Morgan fingerprint density at radius 2 is 1.91 bits per heavy atom. The number of hydrogen-bond donors (Lipinski definition) is 0. The van der Waals surface area contributed by atoms with Crippen molar-refractivity contribution < 1.29 is 18.0 Å². The first-order valence-corrected chi connectivity index (χ1v) is 11.8. The van der Waals surface area contributed by atoms with E-state index in [-0.39, 0.29) is 22.8 Å². The third-order valence-electron chi connectivity index (χ3n) is 6.44. The number of alkyl halides is 3. The van der Waals surface area contributed by atoms with Crippen molar-refractivity contribution in [2.45, 2.75) is 38.0 Å². The van der Waals surface area contributed by atoms with Crippen LogP contribution in [0.1, 0.15) is 48.8 Å². The van der Waals surface area contributed by atoms with Crippen molar-refractivity contribution in [3.05, 3.63) is 75.7 Å². The molecule has 2 aromatic heterocycles. The Morgan fingerprint density at radius 1 is 1.11 bits per heavy atom. The quantitative estimate of drug-likeness (QED) is 0.407. The third kappa shape index (κ3) is 4.31. The minimum atomic E-state index is -4.66. The van der Waals surface area contributed by atoms with Gasteiger partial charge in [0.2, 0.25) is 5.91 Å². The van der Waals surface area contributed by atoms with Crippen molar-refractivity contribution in [1.82, 2.24) is 19.7 Å². The molecular weight excluding hydrogens is 502 g/mol. The van der Waals surface area contributed by atoms with Crippen molar-refractivity contribution in [2.24, 2.45) is 10.9 Å². The molecule has 2 aliphatic rings. The average molecular weight is 522 g/mol. The lowest BCUT2D eigenvalue weighted by molar-refractivity contribution is -0.141. The summed E-state index contributed by atoms with van der Waals surface area (Å²) >= 11 is 12.3. The topological polar surface area (TPSA) is 63.4 Å². The van der Waals surface area contributed by atoms with E-state index < -0.39 is 23.8 Å². The van der Waals surface area contributed by atoms with Gasteiger partial charge in [0.05, 0.1) is 27.8 Å². The lowest BCUT2D eigenvalue weighted by Crippen LogP contribution is -2.44. The second-order valence-electron chi connectivity index (χ2n) is 8.62. The van der Waals surface area contributed by atoms with Gasteiger partial charge in [-0.3, -0.25) is 9.78 Å². The minimum absolute atomic E-state index is 0.0256. The van der Waals surface area contributed by atoms with E-state index in [0.29, 0.717) is 22.8 Å². The number of aliphatic imine (C=N–C) groups is 1. The maximum absolute atomic E-state index is 14.0. The van der Waals surface area contributed by atoms with Crippen LogP contribution in [0.15, 0.2) is 53.7 Å². The molecule has 6 nitrogen and oxygen atoms in total. The third-order valence-corrected chi connectivity index (χ3v) is 7.18. The smallest absolute Gasteiger partial charge is 0.333 e. The van der Waals surface area contributed by atoms with Crippen molar-refractivity contribution in [3.63, 3.8) is 0 Å². The summed E-state index contributed by atoms with van der Waals surface area (Å²) in [6.07, 6.45) is -1.45. The molecule has 2 aliphatic heterocycles. The van der Waals surface area contributed by atoms with Gasteiger partial charge in [0.15, 0.2) is 11.5 Å².